The van der Waals surface area contributed by atoms with Gasteiger partial charge in [0.25, 0.3) is 0 Å². The van der Waals surface area contributed by atoms with Crippen LogP contribution >= 0.6 is 11.6 Å². The molecule has 1 amide bonds. The Morgan fingerprint density at radius 3 is 2.35 bits per heavy atom. The molecule has 0 aliphatic carbocycles. The van der Waals surface area contributed by atoms with Gasteiger partial charge < -0.3 is 5.32 Å². The zero-order valence-electron chi connectivity index (χ0n) is 16.4. The van der Waals surface area contributed by atoms with Crippen LogP contribution in [0.3, 0.4) is 0 Å². The van der Waals surface area contributed by atoms with Gasteiger partial charge in [0.15, 0.2) is 5.65 Å². The first-order valence-electron chi connectivity index (χ1n) is 9.51. The van der Waals surface area contributed by atoms with E-state index in [4.69, 9.17) is 11.6 Å². The number of carbonyl (C=O) groups is 1. The van der Waals surface area contributed by atoms with Crippen molar-refractivity contribution in [1.29, 1.82) is 0 Å². The second-order valence-corrected chi connectivity index (χ2v) is 7.32. The molecule has 0 spiro atoms. The number of aromatic nitrogens is 4. The molecule has 31 heavy (non-hydrogen) atoms. The highest BCUT2D eigenvalue weighted by Crippen LogP contribution is 2.11. The Morgan fingerprint density at radius 2 is 1.61 bits per heavy atom. The predicted molar refractivity (Wildman–Crippen MR) is 117 cm³/mol. The number of pyridine rings is 2. The Labute approximate surface area is 181 Å². The van der Waals surface area contributed by atoms with Crippen LogP contribution in [0, 0.1) is 0 Å². The summed E-state index contributed by atoms with van der Waals surface area (Å²) in [5.74, 6) is -0.395. The summed E-state index contributed by atoms with van der Waals surface area (Å²) in [5, 5.41) is 3.36. The van der Waals surface area contributed by atoms with Gasteiger partial charge in [0, 0.05) is 30.2 Å². The van der Waals surface area contributed by atoms with E-state index < -0.39 is 17.0 Å². The number of amides is 1. The van der Waals surface area contributed by atoms with Crippen LogP contribution in [0.4, 0.5) is 0 Å². The molecule has 0 bridgehead atoms. The average molecular weight is 436 g/mol. The fourth-order valence-corrected chi connectivity index (χ4v) is 3.35. The van der Waals surface area contributed by atoms with Gasteiger partial charge in [-0.15, -0.1) is 0 Å². The summed E-state index contributed by atoms with van der Waals surface area (Å²) in [6.45, 7) is 0.160. The van der Waals surface area contributed by atoms with E-state index >= 15 is 0 Å². The Kier molecular flexibility index (Phi) is 5.90. The summed E-state index contributed by atoms with van der Waals surface area (Å²) in [7, 11) is 0. The van der Waals surface area contributed by atoms with E-state index in [1.165, 1.54) is 4.57 Å². The number of hydrogen-bond acceptors (Lipinski definition) is 5. The summed E-state index contributed by atoms with van der Waals surface area (Å²) in [5.41, 5.74) is 0.883. The topological polar surface area (TPSA) is 98.9 Å². The van der Waals surface area contributed by atoms with Crippen LogP contribution in [0.25, 0.3) is 11.2 Å². The Bertz CT molecular complexity index is 1350. The molecule has 4 rings (SSSR count). The minimum atomic E-state index is -0.781. The Balaban J connectivity index is 1.64. The van der Waals surface area contributed by atoms with E-state index in [9.17, 15) is 14.4 Å². The Morgan fingerprint density at radius 1 is 0.903 bits per heavy atom. The molecule has 0 atom stereocenters. The molecule has 4 aromatic rings. The third kappa shape index (κ3) is 4.54. The van der Waals surface area contributed by atoms with E-state index in [1.54, 1.807) is 67.1 Å². The van der Waals surface area contributed by atoms with E-state index in [2.05, 4.69) is 15.3 Å². The highest BCUT2D eigenvalue weighted by Gasteiger charge is 2.16. The van der Waals surface area contributed by atoms with Crippen LogP contribution in [-0.4, -0.2) is 25.0 Å². The van der Waals surface area contributed by atoms with E-state index in [1.807, 2.05) is 0 Å². The van der Waals surface area contributed by atoms with Crippen molar-refractivity contribution in [3.8, 4) is 0 Å². The van der Waals surface area contributed by atoms with Crippen LogP contribution < -0.4 is 16.4 Å². The number of fused-ring (bicyclic) bond motifs is 1. The standard InChI is InChI=1S/C22H18ClN5O3/c23-17-5-3-15(4-6-17)12-26-19(29)14-27-18-2-1-9-25-20(18)28(22(31)21(27)30)13-16-7-10-24-11-8-16/h1-11H,12-14H2,(H,26,29). The third-order valence-corrected chi connectivity index (χ3v) is 5.03. The maximum atomic E-state index is 12.8. The molecule has 0 unspecified atom stereocenters. The zero-order valence-corrected chi connectivity index (χ0v) is 17.1. The van der Waals surface area contributed by atoms with E-state index in [0.717, 1.165) is 15.7 Å². The Hall–Kier alpha value is -3.78. The molecule has 0 aliphatic heterocycles. The smallest absolute Gasteiger partial charge is 0.318 e. The van der Waals surface area contributed by atoms with Crippen LogP contribution in [0.5, 0.6) is 0 Å². The lowest BCUT2D eigenvalue weighted by Gasteiger charge is -2.14. The van der Waals surface area contributed by atoms with Crippen molar-refractivity contribution in [3.63, 3.8) is 0 Å². The van der Waals surface area contributed by atoms with Gasteiger partial charge in [0.05, 0.1) is 12.1 Å². The minimum Gasteiger partial charge on any atom is -0.350 e. The molecule has 9 heteroatoms. The summed E-state index contributed by atoms with van der Waals surface area (Å²) >= 11 is 5.87. The number of halogens is 1. The average Bonchev–Trinajstić information content (AvgIpc) is 2.80. The first-order chi connectivity index (χ1) is 15.0. The van der Waals surface area contributed by atoms with Crippen molar-refractivity contribution in [1.82, 2.24) is 24.4 Å². The number of nitrogens with zero attached hydrogens (tertiary/aromatic N) is 4. The second kappa shape index (κ2) is 8.93. The fourth-order valence-electron chi connectivity index (χ4n) is 3.22. The molecule has 0 fully saturated rings. The van der Waals surface area contributed by atoms with Crippen LogP contribution in [-0.2, 0) is 24.4 Å². The molecular weight excluding hydrogens is 418 g/mol. The van der Waals surface area contributed by atoms with Gasteiger partial charge in [-0.25, -0.2) is 4.98 Å². The van der Waals surface area contributed by atoms with E-state index in [-0.39, 0.29) is 19.6 Å². The highest BCUT2D eigenvalue weighted by molar-refractivity contribution is 6.30. The van der Waals surface area contributed by atoms with Crippen LogP contribution in [0.1, 0.15) is 11.1 Å². The van der Waals surface area contributed by atoms with Crippen molar-refractivity contribution in [2.75, 3.05) is 0 Å². The molecule has 0 saturated heterocycles. The molecule has 1 N–H and O–H groups in total. The number of rotatable bonds is 6. The first-order valence-corrected chi connectivity index (χ1v) is 9.89. The minimum absolute atomic E-state index is 0.174. The molecule has 0 saturated carbocycles. The lowest BCUT2D eigenvalue weighted by atomic mass is 10.2. The summed E-state index contributed by atoms with van der Waals surface area (Å²) < 4.78 is 2.47. The molecule has 1 aromatic carbocycles. The summed E-state index contributed by atoms with van der Waals surface area (Å²) in [6.07, 6.45) is 4.77. The molecular formula is C22H18ClN5O3. The maximum absolute atomic E-state index is 12.8. The molecule has 156 valence electrons. The van der Waals surface area contributed by atoms with Crippen molar-refractivity contribution >= 4 is 28.7 Å². The molecule has 0 aliphatic rings. The van der Waals surface area contributed by atoms with Gasteiger partial charge in [-0.2, -0.15) is 0 Å². The van der Waals surface area contributed by atoms with Gasteiger partial charge in [0.2, 0.25) is 5.91 Å². The number of carbonyl (C=O) groups excluding carboxylic acids is 1. The third-order valence-electron chi connectivity index (χ3n) is 4.78. The van der Waals surface area contributed by atoms with Gasteiger partial charge in [-0.05, 0) is 47.5 Å². The monoisotopic (exact) mass is 435 g/mol. The summed E-state index contributed by atoms with van der Waals surface area (Å²) in [6, 6.07) is 13.9. The lowest BCUT2D eigenvalue weighted by Crippen LogP contribution is -2.44. The quantitative estimate of drug-likeness (QED) is 0.467. The van der Waals surface area contributed by atoms with Crippen LogP contribution in [0.2, 0.25) is 5.02 Å². The maximum Gasteiger partial charge on any atom is 0.318 e. The highest BCUT2D eigenvalue weighted by atomic mass is 35.5. The van der Waals surface area contributed by atoms with Crippen molar-refractivity contribution in [3.05, 3.63) is 104 Å². The SMILES string of the molecule is O=C(Cn1c(=O)c(=O)n(Cc2ccncc2)c2ncccc21)NCc1ccc(Cl)cc1. The normalized spacial score (nSPS) is 10.9. The second-order valence-electron chi connectivity index (χ2n) is 6.89. The largest absolute Gasteiger partial charge is 0.350 e. The van der Waals surface area contributed by atoms with Gasteiger partial charge in [-0.1, -0.05) is 23.7 Å². The number of hydrogen-bond donors (Lipinski definition) is 1. The molecule has 8 nitrogen and oxygen atoms in total. The predicted octanol–water partition coefficient (Wildman–Crippen LogP) is 1.97. The summed E-state index contributed by atoms with van der Waals surface area (Å²) in [4.78, 5) is 46.4. The lowest BCUT2D eigenvalue weighted by molar-refractivity contribution is -0.121. The molecule has 3 aromatic heterocycles. The number of nitrogens with one attached hydrogen (secondary N) is 1. The molecule has 0 radical (unpaired) electrons. The fraction of sp³-hybridized carbons (Fsp3) is 0.136. The van der Waals surface area contributed by atoms with Gasteiger partial charge >= 0.3 is 11.1 Å². The van der Waals surface area contributed by atoms with Gasteiger partial charge in [0.1, 0.15) is 6.54 Å². The van der Waals surface area contributed by atoms with Gasteiger partial charge in [-0.3, -0.25) is 28.5 Å². The van der Waals surface area contributed by atoms with Crippen LogP contribution in [0.15, 0.2) is 76.7 Å². The van der Waals surface area contributed by atoms with Crippen molar-refractivity contribution in [2.45, 2.75) is 19.6 Å². The zero-order chi connectivity index (χ0) is 21.8. The number of benzene rings is 1. The molecule has 3 heterocycles. The van der Waals surface area contributed by atoms with Crippen molar-refractivity contribution in [2.24, 2.45) is 0 Å². The first kappa shape index (κ1) is 20.5. The van der Waals surface area contributed by atoms with E-state index in [0.29, 0.717) is 16.2 Å². The van der Waals surface area contributed by atoms with Crippen molar-refractivity contribution < 1.29 is 4.79 Å².